The minimum absolute atomic E-state index is 0.0929. The van der Waals surface area contributed by atoms with Gasteiger partial charge in [-0.25, -0.2) is 4.79 Å². The Morgan fingerprint density at radius 3 is 2.79 bits per heavy atom. The van der Waals surface area contributed by atoms with Crippen LogP contribution in [0.1, 0.15) is 16.1 Å². The van der Waals surface area contributed by atoms with Crippen LogP contribution in [-0.4, -0.2) is 43.8 Å². The summed E-state index contributed by atoms with van der Waals surface area (Å²) >= 11 is 0. The van der Waals surface area contributed by atoms with Crippen LogP contribution in [0.25, 0.3) is 0 Å². The number of nitrogens with zero attached hydrogens (tertiary/aromatic N) is 2. The van der Waals surface area contributed by atoms with E-state index in [-0.39, 0.29) is 18.7 Å². The summed E-state index contributed by atoms with van der Waals surface area (Å²) in [6.45, 7) is 1.32. The molecule has 0 fully saturated rings. The molecule has 78 valence electrons. The molecule has 0 radical (unpaired) electrons. The van der Waals surface area contributed by atoms with Crippen molar-refractivity contribution in [2.24, 2.45) is 0 Å². The molecule has 0 aliphatic rings. The number of hydrogen-bond donors (Lipinski definition) is 3. The van der Waals surface area contributed by atoms with E-state index in [1.165, 1.54) is 10.9 Å². The highest BCUT2D eigenvalue weighted by Crippen LogP contribution is 2.07. The Bertz CT molecular complexity index is 334. The second kappa shape index (κ2) is 4.21. The number of carbonyl (C=O) groups is 1. The Balaban J connectivity index is 2.84. The second-order valence-corrected chi connectivity index (χ2v) is 2.97. The third-order valence-corrected chi connectivity index (χ3v) is 1.93. The lowest BCUT2D eigenvalue weighted by molar-refractivity contribution is 0.0692. The van der Waals surface area contributed by atoms with Gasteiger partial charge in [-0.3, -0.25) is 4.68 Å². The number of aromatic carboxylic acids is 1. The highest BCUT2D eigenvalue weighted by atomic mass is 16.4. The van der Waals surface area contributed by atoms with Gasteiger partial charge in [0, 0.05) is 5.69 Å². The van der Waals surface area contributed by atoms with Gasteiger partial charge < -0.3 is 15.3 Å². The Hall–Kier alpha value is -1.40. The SMILES string of the molecule is Cc1c(C(=O)O)cnn1CC(O)CO. The first-order valence-electron chi connectivity index (χ1n) is 4.11. The largest absolute Gasteiger partial charge is 0.478 e. The average Bonchev–Trinajstić information content (AvgIpc) is 2.48. The molecule has 1 rings (SSSR count). The van der Waals surface area contributed by atoms with Crippen molar-refractivity contribution in [3.63, 3.8) is 0 Å². The summed E-state index contributed by atoms with van der Waals surface area (Å²) < 4.78 is 1.35. The molecular formula is C8H12N2O4. The van der Waals surface area contributed by atoms with Crippen molar-refractivity contribution in [3.8, 4) is 0 Å². The van der Waals surface area contributed by atoms with Crippen LogP contribution in [-0.2, 0) is 6.54 Å². The van der Waals surface area contributed by atoms with Crippen molar-refractivity contribution < 1.29 is 20.1 Å². The molecule has 0 bridgehead atoms. The molecule has 0 spiro atoms. The third kappa shape index (κ3) is 2.09. The van der Waals surface area contributed by atoms with Crippen LogP contribution >= 0.6 is 0 Å². The van der Waals surface area contributed by atoms with Crippen LogP contribution in [0.2, 0.25) is 0 Å². The zero-order valence-corrected chi connectivity index (χ0v) is 7.71. The molecule has 0 aromatic carbocycles. The number of carboxylic acids is 1. The fourth-order valence-electron chi connectivity index (χ4n) is 1.10. The van der Waals surface area contributed by atoms with Crippen LogP contribution in [0.15, 0.2) is 6.20 Å². The summed E-state index contributed by atoms with van der Waals surface area (Å²) in [7, 11) is 0. The first-order chi connectivity index (χ1) is 6.56. The molecule has 0 saturated heterocycles. The summed E-state index contributed by atoms with van der Waals surface area (Å²) in [6.07, 6.45) is 0.303. The first kappa shape index (κ1) is 10.7. The molecule has 14 heavy (non-hydrogen) atoms. The van der Waals surface area contributed by atoms with Crippen molar-refractivity contribution in [1.82, 2.24) is 9.78 Å². The van der Waals surface area contributed by atoms with Crippen LogP contribution in [0.4, 0.5) is 0 Å². The fourth-order valence-corrected chi connectivity index (χ4v) is 1.10. The summed E-state index contributed by atoms with van der Waals surface area (Å²) in [6, 6.07) is 0. The average molecular weight is 200 g/mol. The Morgan fingerprint density at radius 2 is 2.36 bits per heavy atom. The van der Waals surface area contributed by atoms with E-state index < -0.39 is 12.1 Å². The third-order valence-electron chi connectivity index (χ3n) is 1.93. The standard InChI is InChI=1S/C8H12N2O4/c1-5-7(8(13)14)2-9-10(5)3-6(12)4-11/h2,6,11-12H,3-4H2,1H3,(H,13,14). The normalized spacial score (nSPS) is 12.8. The van der Waals surface area contributed by atoms with Crippen LogP contribution in [0.3, 0.4) is 0 Å². The van der Waals surface area contributed by atoms with Gasteiger partial charge in [0.1, 0.15) is 5.56 Å². The van der Waals surface area contributed by atoms with E-state index >= 15 is 0 Å². The fraction of sp³-hybridized carbons (Fsp3) is 0.500. The van der Waals surface area contributed by atoms with Gasteiger partial charge in [0.2, 0.25) is 0 Å². The zero-order valence-electron chi connectivity index (χ0n) is 7.71. The summed E-state index contributed by atoms with van der Waals surface area (Å²) in [5, 5.41) is 30.2. The monoisotopic (exact) mass is 200 g/mol. The van der Waals surface area contributed by atoms with E-state index in [4.69, 9.17) is 15.3 Å². The molecule has 6 nitrogen and oxygen atoms in total. The van der Waals surface area contributed by atoms with Crippen molar-refractivity contribution in [1.29, 1.82) is 0 Å². The van der Waals surface area contributed by atoms with Crippen LogP contribution < -0.4 is 0 Å². The zero-order chi connectivity index (χ0) is 10.7. The van der Waals surface area contributed by atoms with Crippen molar-refractivity contribution >= 4 is 5.97 Å². The molecule has 0 amide bonds. The van der Waals surface area contributed by atoms with Gasteiger partial charge in [0.15, 0.2) is 0 Å². The maximum atomic E-state index is 10.6. The Kier molecular flexibility index (Phi) is 3.21. The van der Waals surface area contributed by atoms with Gasteiger partial charge in [0.25, 0.3) is 0 Å². The van der Waals surface area contributed by atoms with Crippen LogP contribution in [0.5, 0.6) is 0 Å². The number of rotatable bonds is 4. The molecule has 1 atom stereocenters. The Labute approximate surface area is 80.4 Å². The van der Waals surface area contributed by atoms with E-state index in [1.807, 2.05) is 0 Å². The molecule has 0 saturated carbocycles. The van der Waals surface area contributed by atoms with E-state index in [0.29, 0.717) is 5.69 Å². The molecule has 3 N–H and O–H groups in total. The number of hydrogen-bond acceptors (Lipinski definition) is 4. The minimum Gasteiger partial charge on any atom is -0.478 e. The van der Waals surface area contributed by atoms with Gasteiger partial charge >= 0.3 is 5.97 Å². The number of aromatic nitrogens is 2. The second-order valence-electron chi connectivity index (χ2n) is 2.97. The molecule has 0 aliphatic carbocycles. The number of carboxylic acid groups (broad SMARTS) is 1. The molecule has 1 aromatic rings. The van der Waals surface area contributed by atoms with Gasteiger partial charge in [-0.15, -0.1) is 0 Å². The van der Waals surface area contributed by atoms with Gasteiger partial charge in [-0.2, -0.15) is 5.10 Å². The maximum absolute atomic E-state index is 10.6. The molecule has 1 heterocycles. The predicted octanol–water partition coefficient (Wildman–Crippen LogP) is -0.757. The molecule has 6 heteroatoms. The van der Waals surface area contributed by atoms with Crippen molar-refractivity contribution in [3.05, 3.63) is 17.5 Å². The quantitative estimate of drug-likeness (QED) is 0.594. The first-order valence-corrected chi connectivity index (χ1v) is 4.11. The lowest BCUT2D eigenvalue weighted by Crippen LogP contribution is -2.21. The van der Waals surface area contributed by atoms with Crippen molar-refractivity contribution in [2.75, 3.05) is 6.61 Å². The Morgan fingerprint density at radius 1 is 1.71 bits per heavy atom. The van der Waals surface area contributed by atoms with Gasteiger partial charge in [0.05, 0.1) is 25.5 Å². The maximum Gasteiger partial charge on any atom is 0.339 e. The molecule has 1 unspecified atom stereocenters. The highest BCUT2D eigenvalue weighted by Gasteiger charge is 2.14. The van der Waals surface area contributed by atoms with Gasteiger partial charge in [-0.05, 0) is 6.92 Å². The minimum atomic E-state index is -1.05. The smallest absolute Gasteiger partial charge is 0.339 e. The van der Waals surface area contributed by atoms with Crippen LogP contribution in [0, 0.1) is 6.92 Å². The van der Waals surface area contributed by atoms with E-state index in [0.717, 1.165) is 0 Å². The molecule has 1 aromatic heterocycles. The highest BCUT2D eigenvalue weighted by molar-refractivity contribution is 5.88. The number of aliphatic hydroxyl groups excluding tert-OH is 2. The van der Waals surface area contributed by atoms with E-state index in [2.05, 4.69) is 5.10 Å². The summed E-state index contributed by atoms with van der Waals surface area (Å²) in [5.41, 5.74) is 0.570. The predicted molar refractivity (Wildman–Crippen MR) is 47.0 cm³/mol. The topological polar surface area (TPSA) is 95.6 Å². The number of aliphatic hydroxyl groups is 2. The van der Waals surface area contributed by atoms with E-state index in [9.17, 15) is 4.79 Å². The van der Waals surface area contributed by atoms with Gasteiger partial charge in [-0.1, -0.05) is 0 Å². The molecule has 0 aliphatic heterocycles. The lowest BCUT2D eigenvalue weighted by atomic mass is 10.2. The summed E-state index contributed by atoms with van der Waals surface area (Å²) in [5.74, 6) is -1.05. The van der Waals surface area contributed by atoms with E-state index in [1.54, 1.807) is 6.92 Å². The lowest BCUT2D eigenvalue weighted by Gasteiger charge is -2.08. The summed E-state index contributed by atoms with van der Waals surface area (Å²) in [4.78, 5) is 10.6. The van der Waals surface area contributed by atoms with Crippen molar-refractivity contribution in [2.45, 2.75) is 19.6 Å². The molecular weight excluding hydrogens is 188 g/mol.